The lowest BCUT2D eigenvalue weighted by molar-refractivity contribution is 0.144. The van der Waals surface area contributed by atoms with Crippen LogP contribution in [0, 0.1) is 5.41 Å². The highest BCUT2D eigenvalue weighted by atomic mass is 16.5. The van der Waals surface area contributed by atoms with Gasteiger partial charge in [-0.25, -0.2) is 0 Å². The van der Waals surface area contributed by atoms with Crippen LogP contribution in [-0.2, 0) is 0 Å². The van der Waals surface area contributed by atoms with Crippen molar-refractivity contribution < 1.29 is 4.74 Å². The van der Waals surface area contributed by atoms with Crippen molar-refractivity contribution in [3.63, 3.8) is 0 Å². The first-order valence-corrected chi connectivity index (χ1v) is 8.50. The zero-order valence-corrected chi connectivity index (χ0v) is 13.8. The Hall–Kier alpha value is -1.09. The van der Waals surface area contributed by atoms with Gasteiger partial charge in [0, 0.05) is 12.2 Å². The summed E-state index contributed by atoms with van der Waals surface area (Å²) in [5, 5.41) is 3.77. The molecule has 1 aromatic heterocycles. The van der Waals surface area contributed by atoms with Gasteiger partial charge >= 0.3 is 0 Å². The highest BCUT2D eigenvalue weighted by molar-refractivity contribution is 5.27. The number of rotatable bonds is 7. The number of hydrogen-bond acceptors (Lipinski definition) is 3. The van der Waals surface area contributed by atoms with E-state index in [0.717, 1.165) is 18.7 Å². The quantitative estimate of drug-likeness (QED) is 0.803. The third-order valence-electron chi connectivity index (χ3n) is 4.67. The first kappa shape index (κ1) is 16.3. The van der Waals surface area contributed by atoms with Crippen molar-refractivity contribution in [3.05, 3.63) is 24.0 Å². The van der Waals surface area contributed by atoms with E-state index in [2.05, 4.69) is 30.2 Å². The smallest absolute Gasteiger partial charge is 0.137 e. The summed E-state index contributed by atoms with van der Waals surface area (Å²) in [7, 11) is 0. The minimum atomic E-state index is 0.333. The maximum absolute atomic E-state index is 5.63. The monoisotopic (exact) mass is 290 g/mol. The minimum Gasteiger partial charge on any atom is -0.492 e. The molecule has 0 spiro atoms. The number of hydrogen-bond donors (Lipinski definition) is 1. The summed E-state index contributed by atoms with van der Waals surface area (Å²) < 4.78 is 5.63. The molecule has 1 atom stereocenters. The molecule has 1 aliphatic carbocycles. The maximum atomic E-state index is 5.63. The molecule has 1 aromatic rings. The zero-order chi connectivity index (χ0) is 15.1. The summed E-state index contributed by atoms with van der Waals surface area (Å²) in [5.74, 6) is 0.887. The number of nitrogens with zero attached hydrogens (tertiary/aromatic N) is 1. The van der Waals surface area contributed by atoms with E-state index in [1.54, 1.807) is 0 Å². The highest BCUT2D eigenvalue weighted by Crippen LogP contribution is 2.45. The van der Waals surface area contributed by atoms with Gasteiger partial charge in [-0.05, 0) is 49.8 Å². The van der Waals surface area contributed by atoms with Gasteiger partial charge in [0.15, 0.2) is 0 Å². The van der Waals surface area contributed by atoms with Gasteiger partial charge in [0.2, 0.25) is 0 Å². The molecule has 0 aromatic carbocycles. The first-order valence-electron chi connectivity index (χ1n) is 8.50. The number of nitrogens with one attached hydrogen (secondary N) is 1. The van der Waals surface area contributed by atoms with Crippen LogP contribution in [0.3, 0.4) is 0 Å². The topological polar surface area (TPSA) is 34.2 Å². The van der Waals surface area contributed by atoms with Crippen molar-refractivity contribution in [1.29, 1.82) is 0 Å². The van der Waals surface area contributed by atoms with Crippen LogP contribution >= 0.6 is 0 Å². The molecule has 3 heteroatoms. The van der Waals surface area contributed by atoms with Gasteiger partial charge in [0.05, 0.1) is 12.8 Å². The second-order valence-electron chi connectivity index (χ2n) is 6.49. The van der Waals surface area contributed by atoms with Crippen molar-refractivity contribution in [3.8, 4) is 5.75 Å². The average molecular weight is 290 g/mol. The molecule has 0 aliphatic heterocycles. The van der Waals surface area contributed by atoms with Crippen LogP contribution in [0.1, 0.15) is 70.9 Å². The highest BCUT2D eigenvalue weighted by Gasteiger charge is 2.36. The Balaban J connectivity index is 2.23. The van der Waals surface area contributed by atoms with Crippen molar-refractivity contribution in [1.82, 2.24) is 10.3 Å². The third kappa shape index (κ3) is 4.19. The third-order valence-corrected chi connectivity index (χ3v) is 4.67. The van der Waals surface area contributed by atoms with Crippen LogP contribution in [0.15, 0.2) is 18.5 Å². The van der Waals surface area contributed by atoms with Gasteiger partial charge in [-0.15, -0.1) is 0 Å². The molecule has 3 nitrogen and oxygen atoms in total. The van der Waals surface area contributed by atoms with E-state index in [-0.39, 0.29) is 0 Å². The fourth-order valence-corrected chi connectivity index (χ4v) is 3.54. The number of ether oxygens (including phenoxy) is 1. The molecule has 2 rings (SSSR count). The molecule has 1 aliphatic rings. The second kappa shape index (κ2) is 7.79. The Bertz CT molecular complexity index is 427. The summed E-state index contributed by atoms with van der Waals surface area (Å²) in [6.07, 6.45) is 11.7. The van der Waals surface area contributed by atoms with E-state index in [1.165, 1.54) is 37.7 Å². The second-order valence-corrected chi connectivity index (χ2v) is 6.49. The fraction of sp³-hybridized carbons (Fsp3) is 0.722. The Morgan fingerprint density at radius 3 is 2.67 bits per heavy atom. The molecule has 1 unspecified atom stereocenters. The molecule has 0 saturated heterocycles. The lowest BCUT2D eigenvalue weighted by Gasteiger charge is -2.41. The van der Waals surface area contributed by atoms with Crippen molar-refractivity contribution >= 4 is 0 Å². The molecule has 21 heavy (non-hydrogen) atoms. The average Bonchev–Trinajstić information content (AvgIpc) is 2.49. The minimum absolute atomic E-state index is 0.333. The van der Waals surface area contributed by atoms with E-state index in [1.807, 2.05) is 19.3 Å². The molecular weight excluding hydrogens is 260 g/mol. The molecule has 1 N–H and O–H groups in total. The molecule has 0 radical (unpaired) electrons. The summed E-state index contributed by atoms with van der Waals surface area (Å²) in [5.41, 5.74) is 1.61. The SMILES string of the molecule is CCCNC(c1cncc(OCC)c1)C1(C)CCCCC1. The molecule has 1 saturated carbocycles. The molecule has 1 fully saturated rings. The van der Waals surface area contributed by atoms with E-state index < -0.39 is 0 Å². The van der Waals surface area contributed by atoms with Crippen LogP contribution in [0.25, 0.3) is 0 Å². The summed E-state index contributed by atoms with van der Waals surface area (Å²) in [6.45, 7) is 8.42. The van der Waals surface area contributed by atoms with Crippen molar-refractivity contribution in [2.24, 2.45) is 5.41 Å². The molecular formula is C18H30N2O. The molecule has 0 amide bonds. The first-order chi connectivity index (χ1) is 10.2. The lowest BCUT2D eigenvalue weighted by atomic mass is 9.68. The number of pyridine rings is 1. The summed E-state index contributed by atoms with van der Waals surface area (Å²) in [4.78, 5) is 4.39. The van der Waals surface area contributed by atoms with Crippen molar-refractivity contribution in [2.75, 3.05) is 13.2 Å². The van der Waals surface area contributed by atoms with Crippen LogP contribution in [0.5, 0.6) is 5.75 Å². The van der Waals surface area contributed by atoms with Crippen molar-refractivity contribution in [2.45, 2.75) is 65.3 Å². The predicted octanol–water partition coefficient (Wildman–Crippen LogP) is 4.49. The van der Waals surface area contributed by atoms with Gasteiger partial charge in [0.25, 0.3) is 0 Å². The zero-order valence-electron chi connectivity index (χ0n) is 13.8. The van der Waals surface area contributed by atoms with E-state index in [9.17, 15) is 0 Å². The Morgan fingerprint density at radius 1 is 1.24 bits per heavy atom. The van der Waals surface area contributed by atoms with Gasteiger partial charge < -0.3 is 10.1 Å². The maximum Gasteiger partial charge on any atom is 0.137 e. The molecule has 1 heterocycles. The van der Waals surface area contributed by atoms with Gasteiger partial charge in [-0.2, -0.15) is 0 Å². The molecule has 118 valence electrons. The largest absolute Gasteiger partial charge is 0.492 e. The Kier molecular flexibility index (Phi) is 6.04. The van der Waals surface area contributed by atoms with Gasteiger partial charge in [-0.1, -0.05) is 33.1 Å². The Morgan fingerprint density at radius 2 is 2.00 bits per heavy atom. The Labute approximate surface area is 129 Å². The van der Waals surface area contributed by atoms with E-state index in [0.29, 0.717) is 18.1 Å². The van der Waals surface area contributed by atoms with Gasteiger partial charge in [0.1, 0.15) is 5.75 Å². The fourth-order valence-electron chi connectivity index (χ4n) is 3.54. The van der Waals surface area contributed by atoms with Crippen LogP contribution in [0.2, 0.25) is 0 Å². The summed E-state index contributed by atoms with van der Waals surface area (Å²) in [6, 6.07) is 2.55. The predicted molar refractivity (Wildman–Crippen MR) is 87.6 cm³/mol. The molecule has 0 bridgehead atoms. The normalized spacial score (nSPS) is 19.2. The van der Waals surface area contributed by atoms with E-state index >= 15 is 0 Å². The van der Waals surface area contributed by atoms with Crippen LogP contribution in [-0.4, -0.2) is 18.1 Å². The van der Waals surface area contributed by atoms with Gasteiger partial charge in [-0.3, -0.25) is 4.98 Å². The summed E-state index contributed by atoms with van der Waals surface area (Å²) >= 11 is 0. The van der Waals surface area contributed by atoms with Crippen LogP contribution in [0.4, 0.5) is 0 Å². The lowest BCUT2D eigenvalue weighted by Crippen LogP contribution is -2.38. The number of aromatic nitrogens is 1. The van der Waals surface area contributed by atoms with Crippen LogP contribution < -0.4 is 10.1 Å². The van der Waals surface area contributed by atoms with E-state index in [4.69, 9.17) is 4.74 Å². The standard InChI is InChI=1S/C18H30N2O/c1-4-11-20-17(18(3)9-7-6-8-10-18)15-12-16(21-5-2)14-19-13-15/h12-14,17,20H,4-11H2,1-3H3.